The van der Waals surface area contributed by atoms with E-state index in [-0.39, 0.29) is 5.91 Å². The average Bonchev–Trinajstić information content (AvgIpc) is 3.11. The molecule has 2 aromatic carbocycles. The summed E-state index contributed by atoms with van der Waals surface area (Å²) in [5, 5.41) is 3.47. The first-order valence-corrected chi connectivity index (χ1v) is 9.34. The van der Waals surface area contributed by atoms with Gasteiger partial charge in [0.1, 0.15) is 5.75 Å². The van der Waals surface area contributed by atoms with Crippen molar-refractivity contribution in [2.75, 3.05) is 25.5 Å². The second kappa shape index (κ2) is 7.70. The Morgan fingerprint density at radius 3 is 2.70 bits per heavy atom. The van der Waals surface area contributed by atoms with Gasteiger partial charge in [-0.2, -0.15) is 0 Å². The smallest absolute Gasteiger partial charge is 0.227 e. The fraction of sp³-hybridized carbons (Fsp3) is 0.333. The number of hydrogen-bond acceptors (Lipinski definition) is 4. The van der Waals surface area contributed by atoms with Gasteiger partial charge in [-0.15, -0.1) is 0 Å². The Kier molecular flexibility index (Phi) is 4.96. The van der Waals surface area contributed by atoms with Gasteiger partial charge in [-0.1, -0.05) is 30.3 Å². The number of carbonyl (C=O) groups is 1. The summed E-state index contributed by atoms with van der Waals surface area (Å²) < 4.78 is 5.35. The molecule has 6 nitrogen and oxygen atoms in total. The van der Waals surface area contributed by atoms with E-state index in [9.17, 15) is 4.79 Å². The highest BCUT2D eigenvalue weighted by molar-refractivity contribution is 5.80. The Morgan fingerprint density at radius 2 is 1.93 bits per heavy atom. The number of para-hydroxylation sites is 3. The zero-order valence-corrected chi connectivity index (χ0v) is 15.4. The van der Waals surface area contributed by atoms with Crippen LogP contribution < -0.4 is 10.1 Å². The van der Waals surface area contributed by atoms with Crippen molar-refractivity contribution in [2.24, 2.45) is 0 Å². The molecule has 1 fully saturated rings. The van der Waals surface area contributed by atoms with Crippen LogP contribution in [0.5, 0.6) is 5.75 Å². The molecule has 0 aliphatic carbocycles. The number of imidazole rings is 1. The van der Waals surface area contributed by atoms with Crippen molar-refractivity contribution in [3.8, 4) is 5.75 Å². The average molecular weight is 364 g/mol. The normalized spacial score (nSPS) is 15.1. The molecule has 4 rings (SSSR count). The van der Waals surface area contributed by atoms with Gasteiger partial charge in [-0.25, -0.2) is 4.98 Å². The number of amides is 1. The number of benzene rings is 2. The van der Waals surface area contributed by atoms with Crippen LogP contribution in [-0.4, -0.2) is 47.0 Å². The zero-order chi connectivity index (χ0) is 18.6. The molecule has 2 heterocycles. The number of fused-ring (bicyclic) bond motifs is 1. The van der Waals surface area contributed by atoms with Crippen LogP contribution in [0.3, 0.4) is 0 Å². The molecule has 2 N–H and O–H groups in total. The summed E-state index contributed by atoms with van der Waals surface area (Å²) in [6, 6.07) is 16.0. The van der Waals surface area contributed by atoms with E-state index in [2.05, 4.69) is 15.3 Å². The number of likely N-dealkylation sites (tertiary alicyclic amines) is 1. The minimum absolute atomic E-state index is 0.154. The zero-order valence-electron chi connectivity index (χ0n) is 15.4. The number of aromatic amines is 1. The van der Waals surface area contributed by atoms with Gasteiger partial charge in [0, 0.05) is 24.7 Å². The van der Waals surface area contributed by atoms with Gasteiger partial charge in [0.05, 0.1) is 24.6 Å². The summed E-state index contributed by atoms with van der Waals surface area (Å²) in [6.07, 6.45) is 2.20. The fourth-order valence-corrected chi connectivity index (χ4v) is 3.61. The number of nitrogens with one attached hydrogen (secondary N) is 2. The van der Waals surface area contributed by atoms with E-state index in [1.807, 2.05) is 53.4 Å². The van der Waals surface area contributed by atoms with Gasteiger partial charge in [0.25, 0.3) is 0 Å². The number of piperidine rings is 1. The quantitative estimate of drug-likeness (QED) is 0.729. The number of hydrogen-bond donors (Lipinski definition) is 2. The molecule has 1 amide bonds. The molecule has 0 unspecified atom stereocenters. The van der Waals surface area contributed by atoms with Gasteiger partial charge < -0.3 is 19.9 Å². The summed E-state index contributed by atoms with van der Waals surface area (Å²) in [4.78, 5) is 22.5. The third kappa shape index (κ3) is 3.89. The third-order valence-corrected chi connectivity index (χ3v) is 5.11. The Hall–Kier alpha value is -3.02. The van der Waals surface area contributed by atoms with E-state index in [0.717, 1.165) is 54.2 Å². The van der Waals surface area contributed by atoms with Gasteiger partial charge in [0.2, 0.25) is 11.9 Å². The lowest BCUT2D eigenvalue weighted by Gasteiger charge is -2.32. The molecule has 1 aliphatic heterocycles. The van der Waals surface area contributed by atoms with E-state index in [1.54, 1.807) is 7.11 Å². The molecule has 1 saturated heterocycles. The summed E-state index contributed by atoms with van der Waals surface area (Å²) in [7, 11) is 1.64. The van der Waals surface area contributed by atoms with Gasteiger partial charge >= 0.3 is 0 Å². The first-order chi connectivity index (χ1) is 13.2. The Labute approximate surface area is 158 Å². The van der Waals surface area contributed by atoms with E-state index < -0.39 is 0 Å². The van der Waals surface area contributed by atoms with Crippen LogP contribution in [0.1, 0.15) is 18.4 Å². The Bertz CT molecular complexity index is 896. The van der Waals surface area contributed by atoms with Gasteiger partial charge in [0.15, 0.2) is 0 Å². The third-order valence-electron chi connectivity index (χ3n) is 5.11. The largest absolute Gasteiger partial charge is 0.496 e. The molecule has 0 atom stereocenters. The van der Waals surface area contributed by atoms with Crippen LogP contribution in [0.2, 0.25) is 0 Å². The van der Waals surface area contributed by atoms with Gasteiger partial charge in [-0.3, -0.25) is 4.79 Å². The summed E-state index contributed by atoms with van der Waals surface area (Å²) in [6.45, 7) is 1.51. The van der Waals surface area contributed by atoms with E-state index in [4.69, 9.17) is 4.74 Å². The van der Waals surface area contributed by atoms with Crippen molar-refractivity contribution < 1.29 is 9.53 Å². The minimum atomic E-state index is 0.154. The highest BCUT2D eigenvalue weighted by atomic mass is 16.5. The number of ether oxygens (including phenoxy) is 1. The lowest BCUT2D eigenvalue weighted by Crippen LogP contribution is -2.43. The maximum Gasteiger partial charge on any atom is 0.227 e. The number of H-pyrrole nitrogens is 1. The van der Waals surface area contributed by atoms with E-state index in [0.29, 0.717) is 12.5 Å². The molecule has 0 saturated carbocycles. The van der Waals surface area contributed by atoms with Crippen LogP contribution in [0.4, 0.5) is 5.95 Å². The predicted molar refractivity (Wildman–Crippen MR) is 106 cm³/mol. The number of nitrogens with zero attached hydrogens (tertiary/aromatic N) is 2. The Balaban J connectivity index is 1.32. The van der Waals surface area contributed by atoms with Crippen molar-refractivity contribution in [3.05, 3.63) is 54.1 Å². The Morgan fingerprint density at radius 1 is 1.19 bits per heavy atom. The van der Waals surface area contributed by atoms with Crippen LogP contribution in [-0.2, 0) is 11.2 Å². The maximum absolute atomic E-state index is 12.6. The number of rotatable bonds is 5. The molecule has 140 valence electrons. The molecule has 27 heavy (non-hydrogen) atoms. The second-order valence-electron chi connectivity index (χ2n) is 6.89. The number of anilines is 1. The summed E-state index contributed by atoms with van der Waals surface area (Å²) in [5.74, 6) is 1.73. The lowest BCUT2D eigenvalue weighted by molar-refractivity contribution is -0.131. The molecule has 0 bridgehead atoms. The van der Waals surface area contributed by atoms with Crippen LogP contribution in [0, 0.1) is 0 Å². The molecule has 1 aromatic heterocycles. The molecule has 0 spiro atoms. The first kappa shape index (κ1) is 17.4. The molecule has 6 heteroatoms. The SMILES string of the molecule is COc1ccccc1CC(=O)N1CCC(Nc2nc3ccccc3[nH]2)CC1. The second-order valence-corrected chi connectivity index (χ2v) is 6.89. The van der Waals surface area contributed by atoms with Crippen molar-refractivity contribution >= 4 is 22.9 Å². The van der Waals surface area contributed by atoms with Crippen molar-refractivity contribution in [1.29, 1.82) is 0 Å². The maximum atomic E-state index is 12.6. The number of carbonyl (C=O) groups excluding carboxylic acids is 1. The minimum Gasteiger partial charge on any atom is -0.496 e. The van der Waals surface area contributed by atoms with Crippen LogP contribution in [0.25, 0.3) is 11.0 Å². The highest BCUT2D eigenvalue weighted by Crippen LogP contribution is 2.21. The number of aromatic nitrogens is 2. The highest BCUT2D eigenvalue weighted by Gasteiger charge is 2.24. The lowest BCUT2D eigenvalue weighted by atomic mass is 10.0. The van der Waals surface area contributed by atoms with Crippen molar-refractivity contribution in [2.45, 2.75) is 25.3 Å². The first-order valence-electron chi connectivity index (χ1n) is 9.34. The molecular formula is C21H24N4O2. The summed E-state index contributed by atoms with van der Waals surface area (Å²) >= 11 is 0. The van der Waals surface area contributed by atoms with Crippen molar-refractivity contribution in [1.82, 2.24) is 14.9 Å². The molecular weight excluding hydrogens is 340 g/mol. The van der Waals surface area contributed by atoms with Crippen LogP contribution >= 0.6 is 0 Å². The monoisotopic (exact) mass is 364 g/mol. The van der Waals surface area contributed by atoms with Gasteiger partial charge in [-0.05, 0) is 31.0 Å². The molecule has 1 aliphatic rings. The number of methoxy groups -OCH3 is 1. The van der Waals surface area contributed by atoms with E-state index >= 15 is 0 Å². The standard InChI is InChI=1S/C21H24N4O2/c1-27-19-9-5-2-6-15(19)14-20(26)25-12-10-16(11-13-25)22-21-23-17-7-3-4-8-18(17)24-21/h2-9,16H,10-14H2,1H3,(H2,22,23,24). The van der Waals surface area contributed by atoms with E-state index in [1.165, 1.54) is 0 Å². The molecule has 3 aromatic rings. The fourth-order valence-electron chi connectivity index (χ4n) is 3.61. The topological polar surface area (TPSA) is 70.2 Å². The van der Waals surface area contributed by atoms with Crippen LogP contribution in [0.15, 0.2) is 48.5 Å². The molecule has 0 radical (unpaired) electrons. The predicted octanol–water partition coefficient (Wildman–Crippen LogP) is 3.22. The summed E-state index contributed by atoms with van der Waals surface area (Å²) in [5.41, 5.74) is 2.93. The van der Waals surface area contributed by atoms with Crippen molar-refractivity contribution in [3.63, 3.8) is 0 Å².